The lowest BCUT2D eigenvalue weighted by Gasteiger charge is -2.32. The maximum absolute atomic E-state index is 13.9. The van der Waals surface area contributed by atoms with Crippen molar-refractivity contribution in [1.29, 1.82) is 0 Å². The summed E-state index contributed by atoms with van der Waals surface area (Å²) in [6.45, 7) is 7.39. The van der Waals surface area contributed by atoms with Crippen LogP contribution in [0.4, 0.5) is 5.69 Å². The van der Waals surface area contributed by atoms with Gasteiger partial charge in [0.1, 0.15) is 12.6 Å². The second-order valence-corrected chi connectivity index (χ2v) is 12.4. The summed E-state index contributed by atoms with van der Waals surface area (Å²) in [5.74, 6) is -0.679. The number of benzene rings is 3. The summed E-state index contributed by atoms with van der Waals surface area (Å²) < 4.78 is 28.6. The smallest absolute Gasteiger partial charge is 0.264 e. The van der Waals surface area contributed by atoms with Gasteiger partial charge in [0.25, 0.3) is 10.0 Å². The summed E-state index contributed by atoms with van der Waals surface area (Å²) in [4.78, 5) is 28.3. The molecule has 7 nitrogen and oxygen atoms in total. The first-order chi connectivity index (χ1) is 18.4. The van der Waals surface area contributed by atoms with E-state index in [9.17, 15) is 18.0 Å². The highest BCUT2D eigenvalue weighted by atomic mass is 35.5. The van der Waals surface area contributed by atoms with Gasteiger partial charge in [-0.1, -0.05) is 72.9 Å². The molecule has 1 atom stereocenters. The Hall–Kier alpha value is -3.07. The second kappa shape index (κ2) is 13.3. The number of rotatable bonds is 11. The molecule has 0 aliphatic rings. The Bertz CT molecular complexity index is 1390. The fourth-order valence-corrected chi connectivity index (χ4v) is 5.55. The van der Waals surface area contributed by atoms with E-state index in [1.165, 1.54) is 29.2 Å². The Kier molecular flexibility index (Phi) is 10.4. The quantitative estimate of drug-likeness (QED) is 0.311. The van der Waals surface area contributed by atoms with Crippen molar-refractivity contribution in [1.82, 2.24) is 10.2 Å². The number of sulfonamides is 1. The largest absolute Gasteiger partial charge is 0.354 e. The minimum atomic E-state index is -4.16. The summed E-state index contributed by atoms with van der Waals surface area (Å²) in [6.07, 6.45) is 0. The summed E-state index contributed by atoms with van der Waals surface area (Å²) in [5.41, 5.74) is 1.89. The Balaban J connectivity index is 2.01. The maximum Gasteiger partial charge on any atom is 0.264 e. The summed E-state index contributed by atoms with van der Waals surface area (Å²) >= 11 is 12.4. The molecular weight excluding hydrogens is 557 g/mol. The molecule has 0 saturated heterocycles. The fourth-order valence-electron chi connectivity index (χ4n) is 3.82. The van der Waals surface area contributed by atoms with Crippen molar-refractivity contribution in [3.05, 3.63) is 94.0 Å². The molecule has 3 aromatic carbocycles. The van der Waals surface area contributed by atoms with E-state index in [4.69, 9.17) is 23.2 Å². The van der Waals surface area contributed by atoms with Crippen molar-refractivity contribution in [2.75, 3.05) is 17.4 Å². The number of aryl methyl sites for hydroxylation is 1. The average molecular weight is 591 g/mol. The van der Waals surface area contributed by atoms with Crippen molar-refractivity contribution in [3.8, 4) is 0 Å². The number of nitrogens with one attached hydrogen (secondary N) is 1. The number of anilines is 1. The molecule has 3 rings (SSSR count). The number of halogens is 2. The highest BCUT2D eigenvalue weighted by molar-refractivity contribution is 7.92. The third-order valence-electron chi connectivity index (χ3n) is 6.15. The molecule has 2 amide bonds. The molecular formula is C29H33Cl2N3O4S. The summed E-state index contributed by atoms with van der Waals surface area (Å²) in [5, 5.41) is 3.69. The van der Waals surface area contributed by atoms with Gasteiger partial charge in [-0.25, -0.2) is 8.42 Å². The van der Waals surface area contributed by atoms with Crippen molar-refractivity contribution in [2.24, 2.45) is 5.92 Å². The van der Waals surface area contributed by atoms with Gasteiger partial charge in [0.05, 0.1) is 10.6 Å². The van der Waals surface area contributed by atoms with E-state index in [0.29, 0.717) is 27.8 Å². The first-order valence-corrected chi connectivity index (χ1v) is 14.7. The molecule has 0 bridgehead atoms. The molecule has 10 heteroatoms. The Morgan fingerprint density at radius 2 is 1.51 bits per heavy atom. The van der Waals surface area contributed by atoms with Gasteiger partial charge in [-0.15, -0.1) is 0 Å². The standard InChI is InChI=1S/C29H33Cl2N3O4S/c1-20(2)17-32-29(36)22(4)33(18-23-7-5-6-8-27(23)31)28(35)19-34(25-13-9-21(3)10-14-25)39(37,38)26-15-11-24(30)12-16-26/h5-16,20,22H,17-19H2,1-4H3,(H,32,36)/t22-/m1/s1. The normalized spacial score (nSPS) is 12.2. The van der Waals surface area contributed by atoms with Gasteiger partial charge < -0.3 is 10.2 Å². The Morgan fingerprint density at radius 1 is 0.897 bits per heavy atom. The average Bonchev–Trinajstić information content (AvgIpc) is 2.90. The van der Waals surface area contributed by atoms with Crippen LogP contribution in [0.2, 0.25) is 10.0 Å². The van der Waals surface area contributed by atoms with E-state index in [0.717, 1.165) is 9.87 Å². The molecule has 1 N–H and O–H groups in total. The molecule has 0 aliphatic carbocycles. The van der Waals surface area contributed by atoms with Gasteiger partial charge in [-0.05, 0) is 67.8 Å². The van der Waals surface area contributed by atoms with E-state index in [1.807, 2.05) is 20.8 Å². The number of nitrogens with zero attached hydrogens (tertiary/aromatic N) is 2. The van der Waals surface area contributed by atoms with Crippen molar-refractivity contribution in [2.45, 2.75) is 45.2 Å². The molecule has 0 fully saturated rings. The van der Waals surface area contributed by atoms with Crippen LogP contribution in [0.5, 0.6) is 0 Å². The van der Waals surface area contributed by atoms with Crippen LogP contribution in [0, 0.1) is 12.8 Å². The fraction of sp³-hybridized carbons (Fsp3) is 0.310. The zero-order valence-electron chi connectivity index (χ0n) is 22.4. The van der Waals surface area contributed by atoms with Crippen LogP contribution >= 0.6 is 23.2 Å². The van der Waals surface area contributed by atoms with E-state index >= 15 is 0 Å². The Labute approximate surface area is 240 Å². The molecule has 39 heavy (non-hydrogen) atoms. The summed E-state index contributed by atoms with van der Waals surface area (Å²) in [6, 6.07) is 18.7. The van der Waals surface area contributed by atoms with Gasteiger partial charge in [0.15, 0.2) is 0 Å². The van der Waals surface area contributed by atoms with Crippen LogP contribution in [-0.4, -0.2) is 44.3 Å². The van der Waals surface area contributed by atoms with E-state index in [2.05, 4.69) is 5.32 Å². The van der Waals surface area contributed by atoms with E-state index in [1.54, 1.807) is 55.5 Å². The zero-order chi connectivity index (χ0) is 28.7. The lowest BCUT2D eigenvalue weighted by atomic mass is 10.1. The molecule has 0 aromatic heterocycles. The van der Waals surface area contributed by atoms with Gasteiger partial charge in [-0.3, -0.25) is 13.9 Å². The molecule has 3 aromatic rings. The SMILES string of the molecule is Cc1ccc(N(CC(=O)N(Cc2ccccc2Cl)[C@H](C)C(=O)NCC(C)C)S(=O)(=O)c2ccc(Cl)cc2)cc1. The minimum Gasteiger partial charge on any atom is -0.354 e. The monoisotopic (exact) mass is 589 g/mol. The van der Waals surface area contributed by atoms with E-state index < -0.39 is 28.5 Å². The second-order valence-electron chi connectivity index (χ2n) is 9.73. The van der Waals surface area contributed by atoms with Crippen molar-refractivity contribution < 1.29 is 18.0 Å². The topological polar surface area (TPSA) is 86.8 Å². The first-order valence-electron chi connectivity index (χ1n) is 12.6. The van der Waals surface area contributed by atoms with Crippen molar-refractivity contribution >= 4 is 50.7 Å². The van der Waals surface area contributed by atoms with Gasteiger partial charge in [0.2, 0.25) is 11.8 Å². The van der Waals surface area contributed by atoms with Crippen LogP contribution < -0.4 is 9.62 Å². The molecule has 208 valence electrons. The minimum absolute atomic E-state index is 0.0133. The predicted octanol–water partition coefficient (Wildman–Crippen LogP) is 5.69. The number of carbonyl (C=O) groups is 2. The third-order valence-corrected chi connectivity index (χ3v) is 8.56. The highest BCUT2D eigenvalue weighted by Gasteiger charge is 2.32. The van der Waals surface area contributed by atoms with Gasteiger partial charge in [-0.2, -0.15) is 0 Å². The molecule has 0 saturated carbocycles. The van der Waals surface area contributed by atoms with E-state index in [-0.39, 0.29) is 23.3 Å². The number of hydrogen-bond acceptors (Lipinski definition) is 4. The van der Waals surface area contributed by atoms with Crippen LogP contribution in [-0.2, 0) is 26.2 Å². The molecule has 0 aliphatic heterocycles. The molecule has 0 radical (unpaired) electrons. The highest BCUT2D eigenvalue weighted by Crippen LogP contribution is 2.26. The van der Waals surface area contributed by atoms with Crippen LogP contribution in [0.1, 0.15) is 31.9 Å². The van der Waals surface area contributed by atoms with Crippen LogP contribution in [0.3, 0.4) is 0 Å². The molecule has 0 unspecified atom stereocenters. The molecule has 0 spiro atoms. The zero-order valence-corrected chi connectivity index (χ0v) is 24.7. The number of amides is 2. The van der Waals surface area contributed by atoms with Gasteiger partial charge in [0, 0.05) is 23.1 Å². The first kappa shape index (κ1) is 30.5. The lowest BCUT2D eigenvalue weighted by molar-refractivity contribution is -0.139. The van der Waals surface area contributed by atoms with Gasteiger partial charge >= 0.3 is 0 Å². The van der Waals surface area contributed by atoms with Crippen LogP contribution in [0.15, 0.2) is 77.7 Å². The number of hydrogen-bond donors (Lipinski definition) is 1. The van der Waals surface area contributed by atoms with Crippen molar-refractivity contribution in [3.63, 3.8) is 0 Å². The van der Waals surface area contributed by atoms with Crippen LogP contribution in [0.25, 0.3) is 0 Å². The summed E-state index contributed by atoms with van der Waals surface area (Å²) in [7, 11) is -4.16. The predicted molar refractivity (Wildman–Crippen MR) is 156 cm³/mol. The lowest BCUT2D eigenvalue weighted by Crippen LogP contribution is -2.51. The molecule has 0 heterocycles. The maximum atomic E-state index is 13.9. The number of carbonyl (C=O) groups excluding carboxylic acids is 2. The Morgan fingerprint density at radius 3 is 2.10 bits per heavy atom. The third kappa shape index (κ3) is 7.97.